The van der Waals surface area contributed by atoms with E-state index in [1.165, 1.54) is 37.1 Å². The SMILES string of the molecule is COC(=O)[C@H]1CC(c2ccc(OC(F)F)c(O)c2)CN1C(C)=O. The molecule has 0 bridgehead atoms. The van der Waals surface area contributed by atoms with Gasteiger partial charge in [0, 0.05) is 19.4 Å². The van der Waals surface area contributed by atoms with E-state index in [0.29, 0.717) is 12.0 Å². The van der Waals surface area contributed by atoms with Gasteiger partial charge >= 0.3 is 12.6 Å². The average molecular weight is 329 g/mol. The second-order valence-corrected chi connectivity index (χ2v) is 5.25. The molecule has 1 aliphatic rings. The van der Waals surface area contributed by atoms with Gasteiger partial charge in [0.1, 0.15) is 6.04 Å². The van der Waals surface area contributed by atoms with Crippen LogP contribution in [0.5, 0.6) is 11.5 Å². The highest BCUT2D eigenvalue weighted by atomic mass is 19.3. The monoisotopic (exact) mass is 329 g/mol. The Morgan fingerprint density at radius 1 is 1.39 bits per heavy atom. The number of amides is 1. The van der Waals surface area contributed by atoms with E-state index in [1.807, 2.05) is 0 Å². The lowest BCUT2D eigenvalue weighted by molar-refractivity contribution is -0.150. The molecule has 2 rings (SSSR count). The van der Waals surface area contributed by atoms with Crippen molar-refractivity contribution in [1.82, 2.24) is 4.90 Å². The largest absolute Gasteiger partial charge is 0.504 e. The number of likely N-dealkylation sites (tertiary alicyclic amines) is 1. The number of carbonyl (C=O) groups is 2. The van der Waals surface area contributed by atoms with E-state index in [2.05, 4.69) is 4.74 Å². The van der Waals surface area contributed by atoms with Crippen molar-refractivity contribution in [3.8, 4) is 11.5 Å². The van der Waals surface area contributed by atoms with Crippen LogP contribution in [0.2, 0.25) is 0 Å². The average Bonchev–Trinajstić information content (AvgIpc) is 2.93. The Hall–Kier alpha value is -2.38. The van der Waals surface area contributed by atoms with E-state index in [9.17, 15) is 23.5 Å². The number of rotatable bonds is 4. The van der Waals surface area contributed by atoms with Crippen LogP contribution in [0.1, 0.15) is 24.8 Å². The van der Waals surface area contributed by atoms with Crippen LogP contribution in [0.25, 0.3) is 0 Å². The summed E-state index contributed by atoms with van der Waals surface area (Å²) in [6.07, 6.45) is 0.334. The van der Waals surface area contributed by atoms with E-state index < -0.39 is 24.4 Å². The summed E-state index contributed by atoms with van der Waals surface area (Å²) in [5, 5.41) is 9.77. The summed E-state index contributed by atoms with van der Waals surface area (Å²) in [6, 6.07) is 3.38. The molecule has 1 N–H and O–H groups in total. The predicted molar refractivity (Wildman–Crippen MR) is 75.3 cm³/mol. The van der Waals surface area contributed by atoms with Crippen LogP contribution in [0.3, 0.4) is 0 Å². The molecule has 8 heteroatoms. The van der Waals surface area contributed by atoms with E-state index in [-0.39, 0.29) is 24.1 Å². The molecular formula is C15H17F2NO5. The highest BCUT2D eigenvalue weighted by Crippen LogP contribution is 2.37. The zero-order valence-electron chi connectivity index (χ0n) is 12.7. The second-order valence-electron chi connectivity index (χ2n) is 5.25. The number of methoxy groups -OCH3 is 1. The lowest BCUT2D eigenvalue weighted by atomic mass is 9.96. The number of phenols is 1. The fourth-order valence-electron chi connectivity index (χ4n) is 2.77. The van der Waals surface area contributed by atoms with Crippen LogP contribution in [0.4, 0.5) is 8.78 Å². The number of halogens is 2. The standard InChI is InChI=1S/C15H17F2NO5/c1-8(19)18-7-10(5-11(18)14(21)22-2)9-3-4-13(12(20)6-9)23-15(16)17/h3-4,6,10-11,15,20H,5,7H2,1-2H3/t10?,11-/m1/s1. The van der Waals surface area contributed by atoms with Gasteiger partial charge in [0.2, 0.25) is 5.91 Å². The molecule has 0 saturated carbocycles. The third-order valence-corrected chi connectivity index (χ3v) is 3.85. The van der Waals surface area contributed by atoms with Gasteiger partial charge < -0.3 is 19.5 Å². The van der Waals surface area contributed by atoms with Gasteiger partial charge in [0.15, 0.2) is 11.5 Å². The molecule has 126 valence electrons. The Bertz CT molecular complexity index is 608. The topological polar surface area (TPSA) is 76.1 Å². The molecule has 0 radical (unpaired) electrons. The number of aromatic hydroxyl groups is 1. The Morgan fingerprint density at radius 2 is 2.09 bits per heavy atom. The maximum Gasteiger partial charge on any atom is 0.387 e. The molecule has 0 spiro atoms. The van der Waals surface area contributed by atoms with E-state index in [1.54, 1.807) is 0 Å². The summed E-state index contributed by atoms with van der Waals surface area (Å²) in [6.45, 7) is -1.39. The quantitative estimate of drug-likeness (QED) is 0.854. The number of ether oxygens (including phenoxy) is 2. The van der Waals surface area contributed by atoms with Gasteiger partial charge in [0.25, 0.3) is 0 Å². The number of alkyl halides is 2. The molecule has 1 unspecified atom stereocenters. The number of esters is 1. The van der Waals surface area contributed by atoms with E-state index >= 15 is 0 Å². The zero-order chi connectivity index (χ0) is 17.1. The highest BCUT2D eigenvalue weighted by Gasteiger charge is 2.39. The number of phenolic OH excluding ortho intramolecular Hbond substituents is 1. The van der Waals surface area contributed by atoms with Gasteiger partial charge in [0.05, 0.1) is 7.11 Å². The fraction of sp³-hybridized carbons (Fsp3) is 0.467. The first-order valence-electron chi connectivity index (χ1n) is 6.96. The number of nitrogens with zero attached hydrogens (tertiary/aromatic N) is 1. The minimum Gasteiger partial charge on any atom is -0.504 e. The Kier molecular flexibility index (Phi) is 5.02. The van der Waals surface area contributed by atoms with Crippen molar-refractivity contribution in [2.24, 2.45) is 0 Å². The summed E-state index contributed by atoms with van der Waals surface area (Å²) in [7, 11) is 1.25. The summed E-state index contributed by atoms with van der Waals surface area (Å²) in [5.74, 6) is -1.72. The maximum absolute atomic E-state index is 12.2. The van der Waals surface area contributed by atoms with Crippen LogP contribution in [0.15, 0.2) is 18.2 Å². The molecule has 6 nitrogen and oxygen atoms in total. The van der Waals surface area contributed by atoms with Crippen molar-refractivity contribution in [3.63, 3.8) is 0 Å². The van der Waals surface area contributed by atoms with Crippen molar-refractivity contribution >= 4 is 11.9 Å². The van der Waals surface area contributed by atoms with Crippen LogP contribution >= 0.6 is 0 Å². The lowest BCUT2D eigenvalue weighted by Gasteiger charge is -2.20. The van der Waals surface area contributed by atoms with E-state index in [0.717, 1.165) is 0 Å². The first-order chi connectivity index (χ1) is 10.8. The minimum absolute atomic E-state index is 0.213. The zero-order valence-corrected chi connectivity index (χ0v) is 12.7. The van der Waals surface area contributed by atoms with Gasteiger partial charge in [-0.2, -0.15) is 8.78 Å². The van der Waals surface area contributed by atoms with Crippen LogP contribution in [-0.4, -0.2) is 48.2 Å². The lowest BCUT2D eigenvalue weighted by Crippen LogP contribution is -2.39. The van der Waals surface area contributed by atoms with Gasteiger partial charge in [-0.1, -0.05) is 6.07 Å². The third kappa shape index (κ3) is 3.69. The predicted octanol–water partition coefficient (Wildman–Crippen LogP) is 1.87. The van der Waals surface area contributed by atoms with Crippen LogP contribution in [-0.2, 0) is 14.3 Å². The first kappa shape index (κ1) is 17.0. The van der Waals surface area contributed by atoms with Crippen molar-refractivity contribution < 1.29 is 33.0 Å². The Balaban J connectivity index is 2.21. The molecule has 0 aromatic heterocycles. The number of hydrogen-bond donors (Lipinski definition) is 1. The molecule has 1 aromatic rings. The molecule has 23 heavy (non-hydrogen) atoms. The van der Waals surface area contributed by atoms with Crippen molar-refractivity contribution in [1.29, 1.82) is 0 Å². The Labute approximate surface area is 131 Å². The molecular weight excluding hydrogens is 312 g/mol. The fourth-order valence-corrected chi connectivity index (χ4v) is 2.77. The second kappa shape index (κ2) is 6.80. The number of hydrogen-bond acceptors (Lipinski definition) is 5. The van der Waals surface area contributed by atoms with Crippen molar-refractivity contribution in [3.05, 3.63) is 23.8 Å². The minimum atomic E-state index is -3.03. The highest BCUT2D eigenvalue weighted by molar-refractivity contribution is 5.84. The smallest absolute Gasteiger partial charge is 0.387 e. The molecule has 1 aromatic carbocycles. The van der Waals surface area contributed by atoms with Crippen molar-refractivity contribution in [2.75, 3.05) is 13.7 Å². The molecule has 1 aliphatic heterocycles. The maximum atomic E-state index is 12.2. The molecule has 1 amide bonds. The summed E-state index contributed by atoms with van der Waals surface area (Å²) < 4.78 is 33.3. The normalized spacial score (nSPS) is 20.7. The van der Waals surface area contributed by atoms with Gasteiger partial charge in [-0.3, -0.25) is 4.79 Å². The van der Waals surface area contributed by atoms with Gasteiger partial charge in [-0.25, -0.2) is 4.79 Å². The summed E-state index contributed by atoms with van der Waals surface area (Å²) in [4.78, 5) is 24.8. The van der Waals surface area contributed by atoms with Crippen LogP contribution in [0, 0.1) is 0 Å². The molecule has 2 atom stereocenters. The molecule has 0 aliphatic carbocycles. The number of carbonyl (C=O) groups excluding carboxylic acids is 2. The third-order valence-electron chi connectivity index (χ3n) is 3.85. The molecule has 1 saturated heterocycles. The first-order valence-corrected chi connectivity index (χ1v) is 6.96. The van der Waals surface area contributed by atoms with Gasteiger partial charge in [-0.15, -0.1) is 0 Å². The Morgan fingerprint density at radius 3 is 2.61 bits per heavy atom. The molecule has 1 fully saturated rings. The van der Waals surface area contributed by atoms with E-state index in [4.69, 9.17) is 4.74 Å². The summed E-state index contributed by atoms with van der Waals surface area (Å²) >= 11 is 0. The molecule has 1 heterocycles. The summed E-state index contributed by atoms with van der Waals surface area (Å²) in [5.41, 5.74) is 0.627. The van der Waals surface area contributed by atoms with Crippen molar-refractivity contribution in [2.45, 2.75) is 31.9 Å². The number of benzene rings is 1. The van der Waals surface area contributed by atoms with Crippen LogP contribution < -0.4 is 4.74 Å². The van der Waals surface area contributed by atoms with Gasteiger partial charge in [-0.05, 0) is 24.1 Å².